The number of morpholine rings is 2. The molecule has 2 saturated heterocycles. The van der Waals surface area contributed by atoms with Gasteiger partial charge < -0.3 is 29.9 Å². The Labute approximate surface area is 213 Å². The van der Waals surface area contributed by atoms with E-state index in [-0.39, 0.29) is 24.2 Å². The fraction of sp³-hybridized carbons (Fsp3) is 0.417. The van der Waals surface area contributed by atoms with E-state index in [4.69, 9.17) is 9.47 Å². The van der Waals surface area contributed by atoms with Crippen molar-refractivity contribution in [3.63, 3.8) is 0 Å². The summed E-state index contributed by atoms with van der Waals surface area (Å²) in [6.07, 6.45) is 1.95. The standard InChI is InChI=1S/C24H28N8O5/c33-21-12-17-11-16(1-2-18(17)27-21)14-26-30-19-13-20(31-3-7-36-8-4-31)29-23(28-19)24(35)25-15-22(34)32-5-9-37-10-6-32/h1-2,11,13-14H,3-10,12,15H2,(H,25,35)(H,27,33)(H,28,29,30)/b26-14+. The molecule has 3 amide bonds. The Kier molecular flexibility index (Phi) is 7.51. The zero-order chi connectivity index (χ0) is 25.6. The number of nitrogens with zero attached hydrogens (tertiary/aromatic N) is 5. The first-order valence-corrected chi connectivity index (χ1v) is 12.1. The van der Waals surface area contributed by atoms with Crippen LogP contribution >= 0.6 is 0 Å². The minimum atomic E-state index is -0.556. The van der Waals surface area contributed by atoms with Crippen molar-refractivity contribution in [3.8, 4) is 0 Å². The van der Waals surface area contributed by atoms with Crippen LogP contribution in [0.15, 0.2) is 29.4 Å². The first-order valence-electron chi connectivity index (χ1n) is 12.1. The van der Waals surface area contributed by atoms with Crippen molar-refractivity contribution in [3.05, 3.63) is 41.2 Å². The molecule has 0 aliphatic carbocycles. The highest BCUT2D eigenvalue weighted by Crippen LogP contribution is 2.23. The van der Waals surface area contributed by atoms with E-state index >= 15 is 0 Å². The van der Waals surface area contributed by atoms with Gasteiger partial charge in [-0.3, -0.25) is 19.8 Å². The number of rotatable bonds is 7. The number of fused-ring (bicyclic) bond motifs is 1. The van der Waals surface area contributed by atoms with Gasteiger partial charge in [0, 0.05) is 37.9 Å². The number of anilines is 3. The Morgan fingerprint density at radius 3 is 2.59 bits per heavy atom. The van der Waals surface area contributed by atoms with Gasteiger partial charge in [0.05, 0.1) is 45.6 Å². The molecule has 4 heterocycles. The Hall–Kier alpha value is -4.10. The quantitative estimate of drug-likeness (QED) is 0.342. The first kappa shape index (κ1) is 24.6. The summed E-state index contributed by atoms with van der Waals surface area (Å²) in [5, 5.41) is 9.68. The summed E-state index contributed by atoms with van der Waals surface area (Å²) in [5.41, 5.74) is 5.40. The summed E-state index contributed by atoms with van der Waals surface area (Å²) in [4.78, 5) is 49.3. The molecule has 3 aliphatic rings. The number of amides is 3. The third kappa shape index (κ3) is 6.19. The molecule has 194 valence electrons. The second kappa shape index (κ2) is 11.3. The third-order valence-corrected chi connectivity index (χ3v) is 6.16. The van der Waals surface area contributed by atoms with Crippen molar-refractivity contribution in [2.24, 2.45) is 5.10 Å². The zero-order valence-electron chi connectivity index (χ0n) is 20.2. The molecule has 2 aromatic rings. The number of carbonyl (C=O) groups excluding carboxylic acids is 3. The van der Waals surface area contributed by atoms with Gasteiger partial charge in [-0.05, 0) is 23.3 Å². The van der Waals surface area contributed by atoms with Crippen LogP contribution in [-0.4, -0.2) is 98.0 Å². The Morgan fingerprint density at radius 2 is 1.81 bits per heavy atom. The highest BCUT2D eigenvalue weighted by molar-refractivity contribution is 6.00. The maximum atomic E-state index is 12.9. The molecule has 37 heavy (non-hydrogen) atoms. The van der Waals surface area contributed by atoms with E-state index in [1.165, 1.54) is 0 Å². The predicted molar refractivity (Wildman–Crippen MR) is 135 cm³/mol. The van der Waals surface area contributed by atoms with Crippen molar-refractivity contribution < 1.29 is 23.9 Å². The highest BCUT2D eigenvalue weighted by atomic mass is 16.5. The van der Waals surface area contributed by atoms with Crippen LogP contribution in [0, 0.1) is 0 Å². The van der Waals surface area contributed by atoms with E-state index in [1.54, 1.807) is 17.2 Å². The fourth-order valence-electron chi connectivity index (χ4n) is 4.21. The molecule has 0 atom stereocenters. The molecule has 0 saturated carbocycles. The van der Waals surface area contributed by atoms with Crippen molar-refractivity contribution in [2.45, 2.75) is 6.42 Å². The van der Waals surface area contributed by atoms with Crippen molar-refractivity contribution >= 4 is 41.3 Å². The maximum absolute atomic E-state index is 12.9. The van der Waals surface area contributed by atoms with Gasteiger partial charge in [-0.1, -0.05) is 6.07 Å². The molecule has 5 rings (SSSR count). The molecule has 0 unspecified atom stereocenters. The topological polar surface area (TPSA) is 150 Å². The number of hydrogen-bond acceptors (Lipinski definition) is 10. The Bertz CT molecular complexity index is 1210. The molecular formula is C24H28N8O5. The summed E-state index contributed by atoms with van der Waals surface area (Å²) in [7, 11) is 0. The van der Waals surface area contributed by atoms with Gasteiger partial charge >= 0.3 is 0 Å². The maximum Gasteiger partial charge on any atom is 0.289 e. The predicted octanol–water partition coefficient (Wildman–Crippen LogP) is -0.158. The molecule has 1 aromatic carbocycles. The van der Waals surface area contributed by atoms with Crippen LogP contribution in [0.4, 0.5) is 17.3 Å². The van der Waals surface area contributed by atoms with Crippen molar-refractivity contribution in [1.82, 2.24) is 20.2 Å². The fourth-order valence-corrected chi connectivity index (χ4v) is 4.21. The smallest absolute Gasteiger partial charge is 0.289 e. The lowest BCUT2D eigenvalue weighted by Gasteiger charge is -2.28. The summed E-state index contributed by atoms with van der Waals surface area (Å²) in [5.74, 6) is 0.0442. The molecule has 0 spiro atoms. The number of hydrogen-bond donors (Lipinski definition) is 3. The SMILES string of the molecule is O=C1Cc2cc(/C=N/Nc3cc(N4CCOCC4)nc(C(=O)NCC(=O)N4CCOCC4)n3)ccc2N1. The summed E-state index contributed by atoms with van der Waals surface area (Å²) >= 11 is 0. The van der Waals surface area contributed by atoms with Gasteiger partial charge in [-0.25, -0.2) is 9.97 Å². The minimum absolute atomic E-state index is 0.0312. The summed E-state index contributed by atoms with van der Waals surface area (Å²) < 4.78 is 10.7. The van der Waals surface area contributed by atoms with E-state index in [9.17, 15) is 14.4 Å². The van der Waals surface area contributed by atoms with E-state index < -0.39 is 5.91 Å². The first-order chi connectivity index (χ1) is 18.0. The number of hydrazone groups is 1. The highest BCUT2D eigenvalue weighted by Gasteiger charge is 2.21. The average molecular weight is 509 g/mol. The normalized spacial score (nSPS) is 17.5. The number of carbonyl (C=O) groups is 3. The van der Waals surface area contributed by atoms with Crippen LogP contribution in [0.3, 0.4) is 0 Å². The van der Waals surface area contributed by atoms with Crippen molar-refractivity contribution in [1.29, 1.82) is 0 Å². The van der Waals surface area contributed by atoms with E-state index in [1.807, 2.05) is 23.1 Å². The zero-order valence-corrected chi connectivity index (χ0v) is 20.2. The Balaban J connectivity index is 1.28. The molecule has 13 nitrogen and oxygen atoms in total. The average Bonchev–Trinajstić information content (AvgIpc) is 3.31. The van der Waals surface area contributed by atoms with Crippen molar-refractivity contribution in [2.75, 3.05) is 74.8 Å². The number of ether oxygens (including phenoxy) is 2. The van der Waals surface area contributed by atoms with Gasteiger partial charge in [0.1, 0.15) is 5.82 Å². The number of nitrogens with one attached hydrogen (secondary N) is 3. The van der Waals surface area contributed by atoms with Crippen LogP contribution in [0.5, 0.6) is 0 Å². The van der Waals surface area contributed by atoms with E-state index in [0.717, 1.165) is 16.8 Å². The summed E-state index contributed by atoms with van der Waals surface area (Å²) in [6.45, 7) is 4.17. The molecular weight excluding hydrogens is 480 g/mol. The lowest BCUT2D eigenvalue weighted by molar-refractivity contribution is -0.134. The lowest BCUT2D eigenvalue weighted by atomic mass is 10.1. The van der Waals surface area contributed by atoms with Gasteiger partial charge in [0.25, 0.3) is 5.91 Å². The monoisotopic (exact) mass is 508 g/mol. The lowest BCUT2D eigenvalue weighted by Crippen LogP contribution is -2.45. The molecule has 13 heteroatoms. The largest absolute Gasteiger partial charge is 0.378 e. The van der Waals surface area contributed by atoms with Gasteiger partial charge in [-0.15, -0.1) is 0 Å². The molecule has 3 N–H and O–H groups in total. The van der Waals surface area contributed by atoms with Crippen LogP contribution in [0.1, 0.15) is 21.7 Å². The van der Waals surface area contributed by atoms with E-state index in [0.29, 0.717) is 70.7 Å². The number of aromatic nitrogens is 2. The third-order valence-electron chi connectivity index (χ3n) is 6.16. The second-order valence-corrected chi connectivity index (χ2v) is 8.72. The minimum Gasteiger partial charge on any atom is -0.378 e. The van der Waals surface area contributed by atoms with Gasteiger partial charge in [0.15, 0.2) is 5.82 Å². The number of benzene rings is 1. The van der Waals surface area contributed by atoms with Crippen LogP contribution < -0.4 is 21.0 Å². The van der Waals surface area contributed by atoms with Gasteiger partial charge in [0.2, 0.25) is 17.6 Å². The van der Waals surface area contributed by atoms with Gasteiger partial charge in [-0.2, -0.15) is 5.10 Å². The molecule has 0 bridgehead atoms. The van der Waals surface area contributed by atoms with E-state index in [2.05, 4.69) is 31.1 Å². The van der Waals surface area contributed by atoms with Crippen LogP contribution in [-0.2, 0) is 25.5 Å². The second-order valence-electron chi connectivity index (χ2n) is 8.72. The summed E-state index contributed by atoms with van der Waals surface area (Å²) in [6, 6.07) is 7.29. The Morgan fingerprint density at radius 1 is 1.05 bits per heavy atom. The molecule has 2 fully saturated rings. The van der Waals surface area contributed by atoms with Crippen LogP contribution in [0.2, 0.25) is 0 Å². The van der Waals surface area contributed by atoms with Crippen LogP contribution in [0.25, 0.3) is 0 Å². The molecule has 0 radical (unpaired) electrons. The molecule has 3 aliphatic heterocycles. The molecule has 1 aromatic heterocycles.